The topological polar surface area (TPSA) is 0 Å². The van der Waals surface area contributed by atoms with Crippen LogP contribution in [0.4, 0.5) is 17.2 Å². The van der Waals surface area contributed by atoms with Gasteiger partial charge in [0.1, 0.15) is 0 Å². The minimum absolute atomic E-state index is 9.91. The Morgan fingerprint density at radius 3 is 0.571 bits per heavy atom. The van der Waals surface area contributed by atoms with Gasteiger partial charge in [0.15, 0.2) is 0 Å². The second-order valence-corrected chi connectivity index (χ2v) is 5.43. The summed E-state index contributed by atoms with van der Waals surface area (Å²) in [6.07, 6.45) is 0. The van der Waals surface area contributed by atoms with Gasteiger partial charge in [-0.05, 0) is 0 Å². The minimum atomic E-state index is -11.1. The van der Waals surface area contributed by atoms with Crippen LogP contribution in [0.1, 0.15) is 0 Å². The molecule has 0 radical (unpaired) electrons. The van der Waals surface area contributed by atoms with Crippen molar-refractivity contribution in [2.45, 2.75) is 0 Å². The van der Waals surface area contributed by atoms with Crippen molar-refractivity contribution in [2.24, 2.45) is 0 Å². The fraction of sp³-hybridized carbons (Fsp3) is 0. The Morgan fingerprint density at radius 1 is 0.571 bits per heavy atom. The van der Waals surface area contributed by atoms with E-state index in [1.807, 2.05) is 0 Å². The molecule has 0 saturated carbocycles. The van der Waals surface area contributed by atoms with Gasteiger partial charge in [0.2, 0.25) is 0 Å². The predicted octanol–water partition coefficient (Wildman–Crippen LogP) is -0.475. The molecule has 0 aromatic rings. The van der Waals surface area contributed by atoms with Crippen LogP contribution in [0.25, 0.3) is 0 Å². The first kappa shape index (κ1) is 7.31. The standard InChI is InChI=1S/F6I/c1-7(2,3,4,5)6/q+1. The van der Waals surface area contributed by atoms with E-state index < -0.39 is 19.1 Å². The summed E-state index contributed by atoms with van der Waals surface area (Å²) in [5, 5.41) is 0. The number of hydrogen-bond acceptors (Lipinski definition) is 0. The van der Waals surface area contributed by atoms with Crippen LogP contribution in [0.3, 0.4) is 0 Å². The van der Waals surface area contributed by atoms with Crippen LogP contribution >= 0.6 is 0 Å². The van der Waals surface area contributed by atoms with E-state index in [0.29, 0.717) is 0 Å². The zero-order valence-corrected chi connectivity index (χ0v) is 4.80. The summed E-state index contributed by atoms with van der Waals surface area (Å²) in [5.41, 5.74) is 0. The zero-order valence-electron chi connectivity index (χ0n) is 2.65. The molecule has 0 aliphatic heterocycles. The fourth-order valence-corrected chi connectivity index (χ4v) is 0. The predicted molar refractivity (Wildman–Crippen MR) is 6.65 cm³/mol. The molecule has 0 bridgehead atoms. The average molecular weight is 241 g/mol. The molecule has 0 fully saturated rings. The quantitative estimate of drug-likeness (QED) is 0.397. The van der Waals surface area contributed by atoms with Crippen LogP contribution < -0.4 is 19.1 Å². The SMILES string of the molecule is F[I+](F)(F)(F)(F)F. The molecular weight excluding hydrogens is 241 g/mol. The van der Waals surface area contributed by atoms with E-state index in [0.717, 1.165) is 0 Å². The van der Waals surface area contributed by atoms with Crippen LogP contribution in [-0.2, 0) is 0 Å². The molecule has 0 unspecified atom stereocenters. The first-order valence-electron chi connectivity index (χ1n) is 0.857. The van der Waals surface area contributed by atoms with Crippen LogP contribution in [-0.4, -0.2) is 0 Å². The summed E-state index contributed by atoms with van der Waals surface area (Å²) in [7, 11) is 0. The Labute approximate surface area is 36.9 Å². The molecule has 0 spiro atoms. The molecule has 0 atom stereocenters. The van der Waals surface area contributed by atoms with E-state index in [4.69, 9.17) is 0 Å². The van der Waals surface area contributed by atoms with Crippen LogP contribution in [0.5, 0.6) is 0 Å². The molecule has 7 heavy (non-hydrogen) atoms. The fourth-order valence-electron chi connectivity index (χ4n) is 0. The molecule has 0 rings (SSSR count). The van der Waals surface area contributed by atoms with Gasteiger partial charge in [0.05, 0.1) is 0 Å². The first-order valence-corrected chi connectivity index (χ1v) is 5.75. The van der Waals surface area contributed by atoms with E-state index in [1.165, 1.54) is 0 Å². The Morgan fingerprint density at radius 2 is 0.571 bits per heavy atom. The Bertz CT molecular complexity index is 62.7. The van der Waals surface area contributed by atoms with Crippen LogP contribution in [0, 0.1) is 0 Å². The van der Waals surface area contributed by atoms with E-state index in [9.17, 15) is 17.2 Å². The second kappa shape index (κ2) is 0.759. The van der Waals surface area contributed by atoms with E-state index >= 15 is 0 Å². The van der Waals surface area contributed by atoms with Crippen molar-refractivity contribution < 1.29 is 36.3 Å². The third kappa shape index (κ3) is 1220. The number of hydrogen-bond donors (Lipinski definition) is 0. The van der Waals surface area contributed by atoms with Gasteiger partial charge in [0.25, 0.3) is 0 Å². The molecule has 0 saturated heterocycles. The normalized spacial score (nSPS) is 23.1. The van der Waals surface area contributed by atoms with Crippen LogP contribution in [0.2, 0.25) is 0 Å². The Balaban J connectivity index is 4.43. The molecule has 0 aliphatic carbocycles. The summed E-state index contributed by atoms with van der Waals surface area (Å²) in [4.78, 5) is 0. The number of halogens is 7. The maximum absolute atomic E-state index is 11.1. The van der Waals surface area contributed by atoms with Crippen molar-refractivity contribution in [3.63, 3.8) is 0 Å². The van der Waals surface area contributed by atoms with Crippen molar-refractivity contribution in [3.05, 3.63) is 0 Å². The molecule has 0 amide bonds. The molecule has 0 aliphatic rings. The van der Waals surface area contributed by atoms with Gasteiger partial charge in [0, 0.05) is 0 Å². The van der Waals surface area contributed by atoms with Crippen LogP contribution in [0.15, 0.2) is 0 Å². The molecule has 0 N–H and O–H groups in total. The van der Waals surface area contributed by atoms with Gasteiger partial charge in [-0.15, -0.1) is 0 Å². The van der Waals surface area contributed by atoms with Gasteiger partial charge in [-0.25, -0.2) is 0 Å². The molecule has 0 heterocycles. The number of rotatable bonds is 0. The van der Waals surface area contributed by atoms with E-state index in [-0.39, 0.29) is 0 Å². The van der Waals surface area contributed by atoms with Gasteiger partial charge < -0.3 is 0 Å². The Hall–Kier alpha value is 0.310. The van der Waals surface area contributed by atoms with Gasteiger partial charge in [-0.2, -0.15) is 0 Å². The summed E-state index contributed by atoms with van der Waals surface area (Å²) in [5.74, 6) is 0. The van der Waals surface area contributed by atoms with E-state index in [1.54, 1.807) is 0 Å². The van der Waals surface area contributed by atoms with Crippen molar-refractivity contribution in [2.75, 3.05) is 0 Å². The zero-order chi connectivity index (χ0) is 6.41. The molecule has 0 aromatic carbocycles. The van der Waals surface area contributed by atoms with Crippen molar-refractivity contribution in [1.82, 2.24) is 0 Å². The van der Waals surface area contributed by atoms with Gasteiger partial charge in [-0.3, -0.25) is 0 Å². The second-order valence-electron chi connectivity index (χ2n) is 0.810. The third-order valence-electron chi connectivity index (χ3n) is 0. The average Bonchev–Trinajstić information content (AvgIpc) is 0.592. The summed E-state index contributed by atoms with van der Waals surface area (Å²) in [6.45, 7) is 0. The summed E-state index contributed by atoms with van der Waals surface area (Å²) in [6, 6.07) is 0. The van der Waals surface area contributed by atoms with E-state index in [2.05, 4.69) is 0 Å². The molecule has 0 nitrogen and oxygen atoms in total. The molecule has 7 heteroatoms. The maximum atomic E-state index is 9.91. The van der Waals surface area contributed by atoms with Crippen molar-refractivity contribution in [3.8, 4) is 0 Å². The molecule has 0 aromatic heterocycles. The van der Waals surface area contributed by atoms with Crippen molar-refractivity contribution in [1.29, 1.82) is 0 Å². The molecule has 48 valence electrons. The van der Waals surface area contributed by atoms with Gasteiger partial charge in [-0.1, -0.05) is 0 Å². The summed E-state index contributed by atoms with van der Waals surface area (Å²) < 4.78 is 59.5. The Kier molecular flexibility index (Phi) is 0.793. The molecular formula is F6I+. The van der Waals surface area contributed by atoms with Gasteiger partial charge >= 0.3 is 36.3 Å². The monoisotopic (exact) mass is 241 g/mol. The first-order chi connectivity index (χ1) is 2.45. The van der Waals surface area contributed by atoms with Crippen molar-refractivity contribution >= 4 is 0 Å². The summed E-state index contributed by atoms with van der Waals surface area (Å²) >= 11 is -11.1. The third-order valence-corrected chi connectivity index (χ3v) is 0.